The maximum absolute atomic E-state index is 12.0. The minimum atomic E-state index is -0.306. The molecule has 0 saturated carbocycles. The van der Waals surface area contributed by atoms with E-state index in [-0.39, 0.29) is 24.4 Å². The molecule has 2 rings (SSSR count). The summed E-state index contributed by atoms with van der Waals surface area (Å²) in [6.45, 7) is 6.68. The van der Waals surface area contributed by atoms with E-state index in [0.717, 1.165) is 18.9 Å². The Morgan fingerprint density at radius 3 is 2.64 bits per heavy atom. The smallest absolute Gasteiger partial charge is 0.253 e. The molecule has 0 atom stereocenters. The van der Waals surface area contributed by atoms with Crippen molar-refractivity contribution in [1.82, 2.24) is 15.6 Å². The van der Waals surface area contributed by atoms with E-state index in [9.17, 15) is 9.59 Å². The van der Waals surface area contributed by atoms with Gasteiger partial charge in [0.15, 0.2) is 0 Å². The first-order valence-corrected chi connectivity index (χ1v) is 7.42. The van der Waals surface area contributed by atoms with Crippen LogP contribution in [-0.4, -0.2) is 55.7 Å². The monoisotopic (exact) mass is 306 g/mol. The number of hydrogen-bond donors (Lipinski definition) is 2. The molecule has 0 unspecified atom stereocenters. The Labute approximate surface area is 130 Å². The molecule has 22 heavy (non-hydrogen) atoms. The summed E-state index contributed by atoms with van der Waals surface area (Å²) < 4.78 is 5.29. The maximum atomic E-state index is 12.0. The summed E-state index contributed by atoms with van der Waals surface area (Å²) in [4.78, 5) is 29.9. The van der Waals surface area contributed by atoms with Crippen molar-refractivity contribution in [2.45, 2.75) is 19.9 Å². The van der Waals surface area contributed by atoms with Gasteiger partial charge in [-0.25, -0.2) is 4.98 Å². The summed E-state index contributed by atoms with van der Waals surface area (Å²) in [6.07, 6.45) is 1.53. The Bertz CT molecular complexity index is 510. The third-order valence-electron chi connectivity index (χ3n) is 3.20. The molecule has 1 aliphatic rings. The summed E-state index contributed by atoms with van der Waals surface area (Å²) >= 11 is 0. The lowest BCUT2D eigenvalue weighted by atomic mass is 10.2. The van der Waals surface area contributed by atoms with E-state index in [2.05, 4.69) is 20.5 Å². The highest BCUT2D eigenvalue weighted by atomic mass is 16.5. The number of ether oxygens (including phenoxy) is 1. The third kappa shape index (κ3) is 4.70. The quantitative estimate of drug-likeness (QED) is 0.810. The Kier molecular flexibility index (Phi) is 5.71. The molecule has 0 bridgehead atoms. The van der Waals surface area contributed by atoms with Crippen LogP contribution in [0.25, 0.3) is 0 Å². The fourth-order valence-corrected chi connectivity index (χ4v) is 2.14. The van der Waals surface area contributed by atoms with Gasteiger partial charge >= 0.3 is 0 Å². The first-order chi connectivity index (χ1) is 10.6. The lowest BCUT2D eigenvalue weighted by molar-refractivity contribution is -0.120. The van der Waals surface area contributed by atoms with Crippen LogP contribution < -0.4 is 15.5 Å². The highest BCUT2D eigenvalue weighted by Gasteiger charge is 2.14. The Balaban J connectivity index is 1.86. The molecular formula is C15H22N4O3. The minimum absolute atomic E-state index is 0.0395. The molecule has 7 heteroatoms. The SMILES string of the molecule is CC(C)NC(=O)CNC(=O)c1ccc(N2CCOCC2)nc1. The van der Waals surface area contributed by atoms with E-state index in [1.807, 2.05) is 19.9 Å². The van der Waals surface area contributed by atoms with Crippen molar-refractivity contribution in [3.63, 3.8) is 0 Å². The largest absolute Gasteiger partial charge is 0.378 e. The number of morpholine rings is 1. The van der Waals surface area contributed by atoms with Crippen LogP contribution in [0.1, 0.15) is 24.2 Å². The molecule has 7 nitrogen and oxygen atoms in total. The second-order valence-corrected chi connectivity index (χ2v) is 5.41. The molecular weight excluding hydrogens is 284 g/mol. The molecule has 1 saturated heterocycles. The molecule has 1 aromatic heterocycles. The van der Waals surface area contributed by atoms with Gasteiger partial charge in [-0.1, -0.05) is 0 Å². The summed E-state index contributed by atoms with van der Waals surface area (Å²) in [5, 5.41) is 5.29. The van der Waals surface area contributed by atoms with Gasteiger partial charge in [-0.2, -0.15) is 0 Å². The number of amides is 2. The summed E-state index contributed by atoms with van der Waals surface area (Å²) in [5.41, 5.74) is 0.439. The van der Waals surface area contributed by atoms with Crippen molar-refractivity contribution in [1.29, 1.82) is 0 Å². The third-order valence-corrected chi connectivity index (χ3v) is 3.20. The van der Waals surface area contributed by atoms with E-state index < -0.39 is 0 Å². The van der Waals surface area contributed by atoms with Gasteiger partial charge in [0.1, 0.15) is 5.82 Å². The van der Waals surface area contributed by atoms with Crippen LogP contribution in [0.2, 0.25) is 0 Å². The maximum Gasteiger partial charge on any atom is 0.253 e. The highest BCUT2D eigenvalue weighted by molar-refractivity contribution is 5.96. The first-order valence-electron chi connectivity index (χ1n) is 7.42. The molecule has 2 N–H and O–H groups in total. The number of hydrogen-bond acceptors (Lipinski definition) is 5. The van der Waals surface area contributed by atoms with Gasteiger partial charge in [0.05, 0.1) is 25.3 Å². The fourth-order valence-electron chi connectivity index (χ4n) is 2.14. The second-order valence-electron chi connectivity index (χ2n) is 5.41. The zero-order valence-corrected chi connectivity index (χ0v) is 13.0. The van der Waals surface area contributed by atoms with E-state index >= 15 is 0 Å². The number of anilines is 1. The van der Waals surface area contributed by atoms with Crippen LogP contribution in [0, 0.1) is 0 Å². The molecule has 0 aromatic carbocycles. The van der Waals surface area contributed by atoms with Gasteiger partial charge in [-0.15, -0.1) is 0 Å². The standard InChI is InChI=1S/C15H22N4O3/c1-11(2)18-14(20)10-17-15(21)12-3-4-13(16-9-12)19-5-7-22-8-6-19/h3-4,9,11H,5-8,10H2,1-2H3,(H,17,21)(H,18,20). The van der Waals surface area contributed by atoms with Gasteiger partial charge < -0.3 is 20.3 Å². The first kappa shape index (κ1) is 16.2. The normalized spacial score (nSPS) is 14.8. The van der Waals surface area contributed by atoms with Crippen LogP contribution in [0.15, 0.2) is 18.3 Å². The Hall–Kier alpha value is -2.15. The molecule has 0 radical (unpaired) electrons. The number of aromatic nitrogens is 1. The second kappa shape index (κ2) is 7.74. The van der Waals surface area contributed by atoms with Gasteiger partial charge in [0.2, 0.25) is 5.91 Å². The molecule has 0 spiro atoms. The van der Waals surface area contributed by atoms with E-state index in [4.69, 9.17) is 4.74 Å². The van der Waals surface area contributed by atoms with Gasteiger partial charge in [0, 0.05) is 25.3 Å². The highest BCUT2D eigenvalue weighted by Crippen LogP contribution is 2.12. The van der Waals surface area contributed by atoms with Crippen LogP contribution in [0.5, 0.6) is 0 Å². The summed E-state index contributed by atoms with van der Waals surface area (Å²) in [7, 11) is 0. The van der Waals surface area contributed by atoms with E-state index in [1.54, 1.807) is 6.07 Å². The number of nitrogens with one attached hydrogen (secondary N) is 2. The van der Waals surface area contributed by atoms with E-state index in [0.29, 0.717) is 18.8 Å². The van der Waals surface area contributed by atoms with Gasteiger partial charge in [0.25, 0.3) is 5.91 Å². The number of rotatable bonds is 5. The predicted octanol–water partition coefficient (Wildman–Crippen LogP) is 0.173. The molecule has 0 aliphatic carbocycles. The summed E-state index contributed by atoms with van der Waals surface area (Å²) in [6, 6.07) is 3.58. The van der Waals surface area contributed by atoms with Crippen LogP contribution in [0.3, 0.4) is 0 Å². The average molecular weight is 306 g/mol. The van der Waals surface area contributed by atoms with Crippen LogP contribution in [0.4, 0.5) is 5.82 Å². The zero-order chi connectivity index (χ0) is 15.9. The predicted molar refractivity (Wildman–Crippen MR) is 82.9 cm³/mol. The van der Waals surface area contributed by atoms with Crippen LogP contribution in [-0.2, 0) is 9.53 Å². The molecule has 1 fully saturated rings. The van der Waals surface area contributed by atoms with Crippen molar-refractivity contribution in [3.8, 4) is 0 Å². The lowest BCUT2D eigenvalue weighted by Crippen LogP contribution is -2.40. The molecule has 1 aromatic rings. The fraction of sp³-hybridized carbons (Fsp3) is 0.533. The lowest BCUT2D eigenvalue weighted by Gasteiger charge is -2.27. The Morgan fingerprint density at radius 2 is 2.05 bits per heavy atom. The van der Waals surface area contributed by atoms with E-state index in [1.165, 1.54) is 6.20 Å². The molecule has 2 amide bonds. The molecule has 1 aliphatic heterocycles. The zero-order valence-electron chi connectivity index (χ0n) is 13.0. The summed E-state index contributed by atoms with van der Waals surface area (Å²) in [5.74, 6) is 0.318. The average Bonchev–Trinajstić information content (AvgIpc) is 2.53. The van der Waals surface area contributed by atoms with Crippen LogP contribution >= 0.6 is 0 Å². The molecule has 2 heterocycles. The number of nitrogens with zero attached hydrogens (tertiary/aromatic N) is 2. The van der Waals surface area contributed by atoms with Gasteiger partial charge in [-0.3, -0.25) is 9.59 Å². The van der Waals surface area contributed by atoms with Crippen molar-refractivity contribution < 1.29 is 14.3 Å². The van der Waals surface area contributed by atoms with Crippen molar-refractivity contribution >= 4 is 17.6 Å². The number of carbonyl (C=O) groups excluding carboxylic acids is 2. The van der Waals surface area contributed by atoms with Crippen molar-refractivity contribution in [3.05, 3.63) is 23.9 Å². The van der Waals surface area contributed by atoms with Crippen molar-refractivity contribution in [2.24, 2.45) is 0 Å². The minimum Gasteiger partial charge on any atom is -0.378 e. The number of carbonyl (C=O) groups is 2. The Morgan fingerprint density at radius 1 is 1.32 bits per heavy atom. The van der Waals surface area contributed by atoms with Gasteiger partial charge in [-0.05, 0) is 26.0 Å². The van der Waals surface area contributed by atoms with Crippen molar-refractivity contribution in [2.75, 3.05) is 37.7 Å². The number of pyridine rings is 1. The topological polar surface area (TPSA) is 83.6 Å². The molecule has 120 valence electrons.